The molecule has 2 heterocycles. The SMILES string of the molecule is COc1ncc(Cn2cncn2)cc1-c1cccc(OC2CC2)c1. The van der Waals surface area contributed by atoms with E-state index in [1.807, 2.05) is 24.3 Å². The van der Waals surface area contributed by atoms with Crippen LogP contribution in [0.2, 0.25) is 0 Å². The van der Waals surface area contributed by atoms with E-state index in [0.29, 0.717) is 18.5 Å². The first kappa shape index (κ1) is 14.7. The number of benzene rings is 1. The van der Waals surface area contributed by atoms with Gasteiger partial charge in [-0.3, -0.25) is 0 Å². The fourth-order valence-corrected chi connectivity index (χ4v) is 2.57. The van der Waals surface area contributed by atoms with Crippen molar-refractivity contribution in [2.75, 3.05) is 7.11 Å². The minimum Gasteiger partial charge on any atom is -0.490 e. The third-order valence-electron chi connectivity index (χ3n) is 3.88. The van der Waals surface area contributed by atoms with Crippen molar-refractivity contribution >= 4 is 0 Å². The number of rotatable bonds is 6. The summed E-state index contributed by atoms with van der Waals surface area (Å²) in [5, 5.41) is 4.14. The molecular formula is C18H18N4O2. The highest BCUT2D eigenvalue weighted by Crippen LogP contribution is 2.33. The van der Waals surface area contributed by atoms with Crippen molar-refractivity contribution in [2.24, 2.45) is 0 Å². The molecule has 0 spiro atoms. The van der Waals surface area contributed by atoms with E-state index in [-0.39, 0.29) is 0 Å². The third kappa shape index (κ3) is 3.22. The standard InChI is InChI=1S/C18H18N4O2/c1-23-18-17(7-13(9-20-18)10-22-12-19-11-21-22)14-3-2-4-16(8-14)24-15-5-6-15/h2-4,7-9,11-12,15H,5-6,10H2,1H3. The second-order valence-corrected chi connectivity index (χ2v) is 5.84. The number of hydrogen-bond donors (Lipinski definition) is 0. The van der Waals surface area contributed by atoms with Crippen molar-refractivity contribution in [1.29, 1.82) is 0 Å². The molecule has 0 atom stereocenters. The number of nitrogens with zero attached hydrogens (tertiary/aromatic N) is 4. The Morgan fingerprint density at radius 1 is 1.25 bits per heavy atom. The van der Waals surface area contributed by atoms with Gasteiger partial charge in [0.15, 0.2) is 0 Å². The highest BCUT2D eigenvalue weighted by Gasteiger charge is 2.23. The van der Waals surface area contributed by atoms with Crippen molar-refractivity contribution < 1.29 is 9.47 Å². The fraction of sp³-hybridized carbons (Fsp3) is 0.278. The maximum atomic E-state index is 5.89. The van der Waals surface area contributed by atoms with Crippen LogP contribution in [-0.2, 0) is 6.54 Å². The van der Waals surface area contributed by atoms with Gasteiger partial charge < -0.3 is 9.47 Å². The van der Waals surface area contributed by atoms with E-state index >= 15 is 0 Å². The average molecular weight is 322 g/mol. The van der Waals surface area contributed by atoms with Crippen LogP contribution in [0, 0.1) is 0 Å². The Hall–Kier alpha value is -2.89. The predicted octanol–water partition coefficient (Wildman–Crippen LogP) is 2.94. The molecule has 6 nitrogen and oxygen atoms in total. The van der Waals surface area contributed by atoms with Gasteiger partial charge in [-0.2, -0.15) is 5.10 Å². The molecule has 0 unspecified atom stereocenters. The van der Waals surface area contributed by atoms with Crippen LogP contribution in [0.3, 0.4) is 0 Å². The molecule has 3 aromatic rings. The van der Waals surface area contributed by atoms with Crippen molar-refractivity contribution in [3.8, 4) is 22.8 Å². The van der Waals surface area contributed by atoms with E-state index in [9.17, 15) is 0 Å². The lowest BCUT2D eigenvalue weighted by Gasteiger charge is -2.12. The van der Waals surface area contributed by atoms with Gasteiger partial charge in [0.1, 0.15) is 18.4 Å². The zero-order chi connectivity index (χ0) is 16.4. The molecule has 1 aromatic carbocycles. The van der Waals surface area contributed by atoms with Gasteiger partial charge >= 0.3 is 0 Å². The Kier molecular flexibility index (Phi) is 3.86. The topological polar surface area (TPSA) is 62.1 Å². The maximum Gasteiger partial charge on any atom is 0.221 e. The highest BCUT2D eigenvalue weighted by atomic mass is 16.5. The Bertz CT molecular complexity index is 829. The molecule has 0 radical (unpaired) electrons. The van der Waals surface area contributed by atoms with Crippen LogP contribution in [0.25, 0.3) is 11.1 Å². The van der Waals surface area contributed by atoms with E-state index in [1.54, 1.807) is 24.3 Å². The molecule has 4 rings (SSSR count). The maximum absolute atomic E-state index is 5.89. The lowest BCUT2D eigenvalue weighted by atomic mass is 10.0. The van der Waals surface area contributed by atoms with Crippen molar-refractivity contribution in [2.45, 2.75) is 25.5 Å². The lowest BCUT2D eigenvalue weighted by Crippen LogP contribution is -2.02. The van der Waals surface area contributed by atoms with Crippen molar-refractivity contribution in [3.05, 3.63) is 54.7 Å². The molecule has 0 saturated heterocycles. The molecule has 1 saturated carbocycles. The monoisotopic (exact) mass is 322 g/mol. The fourth-order valence-electron chi connectivity index (χ4n) is 2.57. The number of pyridine rings is 1. The van der Waals surface area contributed by atoms with Crippen LogP contribution >= 0.6 is 0 Å². The number of aromatic nitrogens is 4. The summed E-state index contributed by atoms with van der Waals surface area (Å²) >= 11 is 0. The Morgan fingerprint density at radius 3 is 2.92 bits per heavy atom. The van der Waals surface area contributed by atoms with Crippen LogP contribution in [0.15, 0.2) is 49.2 Å². The smallest absolute Gasteiger partial charge is 0.221 e. The molecule has 2 aromatic heterocycles. The van der Waals surface area contributed by atoms with Gasteiger partial charge in [-0.05, 0) is 42.2 Å². The molecule has 24 heavy (non-hydrogen) atoms. The quantitative estimate of drug-likeness (QED) is 0.698. The highest BCUT2D eigenvalue weighted by molar-refractivity contribution is 5.70. The summed E-state index contributed by atoms with van der Waals surface area (Å²) in [6, 6.07) is 10.1. The Labute approximate surface area is 140 Å². The number of hydrogen-bond acceptors (Lipinski definition) is 5. The second kappa shape index (κ2) is 6.31. The van der Waals surface area contributed by atoms with Gasteiger partial charge in [-0.25, -0.2) is 14.6 Å². The first-order valence-corrected chi connectivity index (χ1v) is 7.94. The molecule has 1 fully saturated rings. The van der Waals surface area contributed by atoms with Crippen LogP contribution in [-0.4, -0.2) is 33.0 Å². The summed E-state index contributed by atoms with van der Waals surface area (Å²) in [7, 11) is 1.63. The summed E-state index contributed by atoms with van der Waals surface area (Å²) in [6.07, 6.45) is 7.67. The molecule has 0 bridgehead atoms. The van der Waals surface area contributed by atoms with E-state index < -0.39 is 0 Å². The molecule has 6 heteroatoms. The van der Waals surface area contributed by atoms with Gasteiger partial charge in [0.05, 0.1) is 19.8 Å². The summed E-state index contributed by atoms with van der Waals surface area (Å²) < 4.78 is 13.1. The van der Waals surface area contributed by atoms with Crippen LogP contribution in [0.5, 0.6) is 11.6 Å². The summed E-state index contributed by atoms with van der Waals surface area (Å²) in [6.45, 7) is 0.613. The zero-order valence-corrected chi connectivity index (χ0v) is 13.4. The molecule has 1 aliphatic carbocycles. The molecular weight excluding hydrogens is 304 g/mol. The van der Waals surface area contributed by atoms with Gasteiger partial charge in [-0.15, -0.1) is 0 Å². The third-order valence-corrected chi connectivity index (χ3v) is 3.88. The van der Waals surface area contributed by atoms with Gasteiger partial charge in [-0.1, -0.05) is 12.1 Å². The first-order valence-electron chi connectivity index (χ1n) is 7.94. The largest absolute Gasteiger partial charge is 0.490 e. The molecule has 122 valence electrons. The van der Waals surface area contributed by atoms with E-state index in [2.05, 4.69) is 21.1 Å². The van der Waals surface area contributed by atoms with E-state index in [0.717, 1.165) is 35.3 Å². The summed E-state index contributed by atoms with van der Waals surface area (Å²) in [4.78, 5) is 8.40. The van der Waals surface area contributed by atoms with E-state index in [1.165, 1.54) is 6.33 Å². The van der Waals surface area contributed by atoms with Crippen molar-refractivity contribution in [3.63, 3.8) is 0 Å². The Balaban J connectivity index is 1.67. The van der Waals surface area contributed by atoms with Crippen LogP contribution < -0.4 is 9.47 Å². The number of ether oxygens (including phenoxy) is 2. The predicted molar refractivity (Wildman–Crippen MR) is 89.0 cm³/mol. The summed E-state index contributed by atoms with van der Waals surface area (Å²) in [5.74, 6) is 1.49. The normalized spacial score (nSPS) is 13.7. The van der Waals surface area contributed by atoms with Gasteiger partial charge in [0.25, 0.3) is 0 Å². The Morgan fingerprint density at radius 2 is 2.17 bits per heavy atom. The lowest BCUT2D eigenvalue weighted by molar-refractivity contribution is 0.303. The molecule has 0 amide bonds. The molecule has 0 aliphatic heterocycles. The molecule has 0 N–H and O–H groups in total. The molecule has 1 aliphatic rings. The minimum absolute atomic E-state index is 0.374. The van der Waals surface area contributed by atoms with E-state index in [4.69, 9.17) is 9.47 Å². The first-order chi connectivity index (χ1) is 11.8. The van der Waals surface area contributed by atoms with Crippen LogP contribution in [0.1, 0.15) is 18.4 Å². The number of methoxy groups -OCH3 is 1. The summed E-state index contributed by atoms with van der Waals surface area (Å²) in [5.41, 5.74) is 3.00. The second-order valence-electron chi connectivity index (χ2n) is 5.84. The zero-order valence-electron chi connectivity index (χ0n) is 13.4. The minimum atomic E-state index is 0.374. The van der Waals surface area contributed by atoms with Gasteiger partial charge in [0, 0.05) is 11.8 Å². The van der Waals surface area contributed by atoms with Gasteiger partial charge in [0.2, 0.25) is 5.88 Å². The average Bonchev–Trinajstić information content (AvgIpc) is 3.28. The van der Waals surface area contributed by atoms with Crippen molar-refractivity contribution in [1.82, 2.24) is 19.7 Å². The van der Waals surface area contributed by atoms with Crippen LogP contribution in [0.4, 0.5) is 0 Å².